The molecule has 4 nitrogen and oxygen atoms in total. The number of anilines is 1. The number of piperazine rings is 1. The van der Waals surface area contributed by atoms with Gasteiger partial charge < -0.3 is 14.7 Å². The van der Waals surface area contributed by atoms with Crippen LogP contribution in [0.3, 0.4) is 0 Å². The first-order valence-electron chi connectivity index (χ1n) is 12.1. The van der Waals surface area contributed by atoms with Gasteiger partial charge in [0.15, 0.2) is 0 Å². The van der Waals surface area contributed by atoms with Crippen LogP contribution in [0.1, 0.15) is 56.9 Å². The van der Waals surface area contributed by atoms with Gasteiger partial charge in [-0.05, 0) is 37.1 Å². The summed E-state index contributed by atoms with van der Waals surface area (Å²) in [6.45, 7) is 7.38. The van der Waals surface area contributed by atoms with Crippen LogP contribution in [-0.4, -0.2) is 55.9 Å². The molecule has 1 heterocycles. The molecule has 2 unspecified atom stereocenters. The van der Waals surface area contributed by atoms with Crippen LogP contribution in [0.5, 0.6) is 5.75 Å². The van der Waals surface area contributed by atoms with Gasteiger partial charge in [-0.2, -0.15) is 0 Å². The topological polar surface area (TPSA) is 35.9 Å². The number of hydrogen-bond donors (Lipinski definition) is 1. The minimum atomic E-state index is -0.255. The lowest BCUT2D eigenvalue weighted by Gasteiger charge is -2.37. The van der Waals surface area contributed by atoms with Gasteiger partial charge in [0.25, 0.3) is 0 Å². The lowest BCUT2D eigenvalue weighted by molar-refractivity contribution is 0.117. The van der Waals surface area contributed by atoms with Gasteiger partial charge in [0, 0.05) is 32.1 Å². The second-order valence-corrected chi connectivity index (χ2v) is 8.72. The van der Waals surface area contributed by atoms with Crippen molar-refractivity contribution in [1.29, 1.82) is 0 Å². The fourth-order valence-corrected chi connectivity index (χ4v) is 4.69. The SMILES string of the molecule is CCCCCCC(O)C(CCN1CCN(c2ccccc2OC)CC1)c1ccccc1. The number of ether oxygens (including phenoxy) is 1. The molecule has 0 spiro atoms. The molecule has 0 bridgehead atoms. The maximum Gasteiger partial charge on any atom is 0.142 e. The molecule has 4 heteroatoms. The highest BCUT2D eigenvalue weighted by molar-refractivity contribution is 5.58. The van der Waals surface area contributed by atoms with Crippen molar-refractivity contribution < 1.29 is 9.84 Å². The fourth-order valence-electron chi connectivity index (χ4n) is 4.69. The van der Waals surface area contributed by atoms with Gasteiger partial charge in [-0.25, -0.2) is 0 Å². The van der Waals surface area contributed by atoms with Crippen LogP contribution in [0.25, 0.3) is 0 Å². The van der Waals surface area contributed by atoms with Crippen molar-refractivity contribution in [2.45, 2.75) is 57.5 Å². The van der Waals surface area contributed by atoms with Crippen molar-refractivity contribution in [2.75, 3.05) is 44.7 Å². The van der Waals surface area contributed by atoms with E-state index in [0.717, 1.165) is 57.7 Å². The van der Waals surface area contributed by atoms with Gasteiger partial charge in [0.2, 0.25) is 0 Å². The number of benzene rings is 2. The molecular formula is C27H40N2O2. The Morgan fingerprint density at radius 1 is 0.871 bits per heavy atom. The maximum absolute atomic E-state index is 11.0. The van der Waals surface area contributed by atoms with E-state index in [2.05, 4.69) is 59.2 Å². The molecule has 1 saturated heterocycles. The molecule has 1 aliphatic rings. The van der Waals surface area contributed by atoms with Gasteiger partial charge in [-0.3, -0.25) is 4.90 Å². The molecule has 31 heavy (non-hydrogen) atoms. The highest BCUT2D eigenvalue weighted by atomic mass is 16.5. The van der Waals surface area contributed by atoms with E-state index < -0.39 is 0 Å². The van der Waals surface area contributed by atoms with Crippen LogP contribution in [0, 0.1) is 0 Å². The Labute approximate surface area is 188 Å². The standard InChI is InChI=1S/C27H40N2O2/c1-3-4-5-9-15-26(30)24(23-12-7-6-8-13-23)17-18-28-19-21-29(22-20-28)25-14-10-11-16-27(25)31-2/h6-8,10-14,16,24,26,30H,3-5,9,15,17-22H2,1-2H3. The van der Waals surface area contributed by atoms with E-state index in [1.165, 1.54) is 30.5 Å². The number of unbranched alkanes of at least 4 members (excludes halogenated alkanes) is 3. The van der Waals surface area contributed by atoms with Crippen LogP contribution in [-0.2, 0) is 0 Å². The van der Waals surface area contributed by atoms with Gasteiger partial charge in [-0.1, -0.05) is 75.1 Å². The lowest BCUT2D eigenvalue weighted by Crippen LogP contribution is -2.47. The van der Waals surface area contributed by atoms with Crippen LogP contribution in [0.2, 0.25) is 0 Å². The van der Waals surface area contributed by atoms with E-state index in [1.54, 1.807) is 7.11 Å². The normalized spacial score (nSPS) is 16.8. The molecule has 3 rings (SSSR count). The molecule has 1 aliphatic heterocycles. The third-order valence-electron chi connectivity index (χ3n) is 6.60. The van der Waals surface area contributed by atoms with Crippen LogP contribution < -0.4 is 9.64 Å². The highest BCUT2D eigenvalue weighted by Gasteiger charge is 2.24. The Balaban J connectivity index is 1.53. The molecule has 0 radical (unpaired) electrons. The molecule has 170 valence electrons. The van der Waals surface area contributed by atoms with E-state index in [4.69, 9.17) is 4.74 Å². The van der Waals surface area contributed by atoms with Gasteiger partial charge in [-0.15, -0.1) is 0 Å². The average molecular weight is 425 g/mol. The number of nitrogens with zero attached hydrogens (tertiary/aromatic N) is 2. The smallest absolute Gasteiger partial charge is 0.142 e. The molecule has 0 amide bonds. The first-order valence-corrected chi connectivity index (χ1v) is 12.1. The number of rotatable bonds is 12. The Kier molecular flexibility index (Phi) is 9.70. The highest BCUT2D eigenvalue weighted by Crippen LogP contribution is 2.30. The van der Waals surface area contributed by atoms with Crippen molar-refractivity contribution in [3.05, 3.63) is 60.2 Å². The van der Waals surface area contributed by atoms with E-state index in [-0.39, 0.29) is 12.0 Å². The van der Waals surface area contributed by atoms with E-state index in [9.17, 15) is 5.11 Å². The van der Waals surface area contributed by atoms with Crippen molar-refractivity contribution >= 4 is 5.69 Å². The monoisotopic (exact) mass is 424 g/mol. The number of aliphatic hydroxyl groups excluding tert-OH is 1. The number of methoxy groups -OCH3 is 1. The summed E-state index contributed by atoms with van der Waals surface area (Å²) in [5.41, 5.74) is 2.47. The first kappa shape index (κ1) is 23.6. The molecule has 2 atom stereocenters. The maximum atomic E-state index is 11.0. The second-order valence-electron chi connectivity index (χ2n) is 8.72. The van der Waals surface area contributed by atoms with Gasteiger partial charge in [0.05, 0.1) is 18.9 Å². The minimum absolute atomic E-state index is 0.218. The molecule has 2 aromatic carbocycles. The summed E-state index contributed by atoms with van der Waals surface area (Å²) in [7, 11) is 1.74. The summed E-state index contributed by atoms with van der Waals surface area (Å²) in [4.78, 5) is 4.97. The Bertz CT molecular complexity index is 744. The third kappa shape index (κ3) is 6.98. The zero-order valence-corrected chi connectivity index (χ0v) is 19.4. The summed E-state index contributed by atoms with van der Waals surface area (Å²) < 4.78 is 5.54. The second kappa shape index (κ2) is 12.7. The van der Waals surface area contributed by atoms with Gasteiger partial charge >= 0.3 is 0 Å². The number of aliphatic hydroxyl groups is 1. The molecule has 2 aromatic rings. The lowest BCUT2D eigenvalue weighted by atomic mass is 9.87. The Morgan fingerprint density at radius 3 is 2.29 bits per heavy atom. The Morgan fingerprint density at radius 2 is 1.58 bits per heavy atom. The quantitative estimate of drug-likeness (QED) is 0.468. The van der Waals surface area contributed by atoms with Crippen LogP contribution in [0.15, 0.2) is 54.6 Å². The summed E-state index contributed by atoms with van der Waals surface area (Å²) in [6, 6.07) is 18.9. The number of hydrogen-bond acceptors (Lipinski definition) is 4. The molecular weight excluding hydrogens is 384 g/mol. The summed E-state index contributed by atoms with van der Waals surface area (Å²) in [5.74, 6) is 1.17. The van der Waals surface area contributed by atoms with Crippen molar-refractivity contribution in [3.63, 3.8) is 0 Å². The van der Waals surface area contributed by atoms with Crippen LogP contribution >= 0.6 is 0 Å². The minimum Gasteiger partial charge on any atom is -0.495 e. The van der Waals surface area contributed by atoms with Crippen molar-refractivity contribution in [1.82, 2.24) is 4.90 Å². The van der Waals surface area contributed by atoms with E-state index >= 15 is 0 Å². The molecule has 0 aliphatic carbocycles. The third-order valence-corrected chi connectivity index (χ3v) is 6.60. The largest absolute Gasteiger partial charge is 0.495 e. The molecule has 0 aromatic heterocycles. The average Bonchev–Trinajstić information content (AvgIpc) is 2.83. The number of para-hydroxylation sites is 2. The Hall–Kier alpha value is -2.04. The van der Waals surface area contributed by atoms with Gasteiger partial charge in [0.1, 0.15) is 5.75 Å². The molecule has 1 N–H and O–H groups in total. The molecule has 0 saturated carbocycles. The molecule has 1 fully saturated rings. The predicted octanol–water partition coefficient (Wildman–Crippen LogP) is 5.32. The summed E-state index contributed by atoms with van der Waals surface area (Å²) in [6.07, 6.45) is 6.50. The zero-order chi connectivity index (χ0) is 21.9. The van der Waals surface area contributed by atoms with Crippen LogP contribution in [0.4, 0.5) is 5.69 Å². The summed E-state index contributed by atoms with van der Waals surface area (Å²) in [5, 5.41) is 11.0. The first-order chi connectivity index (χ1) is 15.2. The van der Waals surface area contributed by atoms with E-state index in [1.807, 2.05) is 12.1 Å². The van der Waals surface area contributed by atoms with Crippen molar-refractivity contribution in [2.24, 2.45) is 0 Å². The summed E-state index contributed by atoms with van der Waals surface area (Å²) >= 11 is 0. The predicted molar refractivity (Wildman–Crippen MR) is 130 cm³/mol. The van der Waals surface area contributed by atoms with Crippen molar-refractivity contribution in [3.8, 4) is 5.75 Å². The van der Waals surface area contributed by atoms with E-state index in [0.29, 0.717) is 0 Å². The zero-order valence-electron chi connectivity index (χ0n) is 19.4. The fraction of sp³-hybridized carbons (Fsp3) is 0.556.